The third-order valence-electron chi connectivity index (χ3n) is 6.83. The van der Waals surface area contributed by atoms with Crippen molar-refractivity contribution in [1.29, 1.82) is 0 Å². The van der Waals surface area contributed by atoms with E-state index in [2.05, 4.69) is 35.7 Å². The second-order valence-corrected chi connectivity index (χ2v) is 12.2. The molecule has 5 rings (SSSR count). The van der Waals surface area contributed by atoms with Gasteiger partial charge >= 0.3 is 0 Å². The molecule has 1 aromatic heterocycles. The first-order chi connectivity index (χ1) is 17.4. The zero-order valence-corrected chi connectivity index (χ0v) is 22.2. The van der Waals surface area contributed by atoms with E-state index in [1.54, 1.807) is 23.5 Å². The molecule has 4 aromatic rings. The summed E-state index contributed by atoms with van der Waals surface area (Å²) in [6.07, 6.45) is 1.40. The molecule has 0 fully saturated rings. The van der Waals surface area contributed by atoms with E-state index in [9.17, 15) is 13.2 Å². The predicted molar refractivity (Wildman–Crippen MR) is 146 cm³/mol. The standard InChI is InChI=1S/C29H30N2O3S2/c1-3-17-30(36(33,34)27-10-6-8-22-7-4-5-9-24(22)27)20-28(32)31-18-15-26-25(16-19-35-26)29(31)23-13-11-21(2)12-14-23/h4-14,16,19,29H,3,15,17-18,20H2,1-2H3. The molecule has 1 unspecified atom stereocenters. The number of aryl methyl sites for hydroxylation is 1. The molecule has 0 saturated heterocycles. The lowest BCUT2D eigenvalue weighted by molar-refractivity contribution is -0.133. The van der Waals surface area contributed by atoms with E-state index in [4.69, 9.17) is 0 Å². The van der Waals surface area contributed by atoms with Gasteiger partial charge in [-0.2, -0.15) is 4.31 Å². The van der Waals surface area contributed by atoms with Crippen molar-refractivity contribution in [2.24, 2.45) is 0 Å². The number of hydrogen-bond acceptors (Lipinski definition) is 4. The average molecular weight is 519 g/mol. The number of thiophene rings is 1. The number of nitrogens with zero attached hydrogens (tertiary/aromatic N) is 2. The SMILES string of the molecule is CCCN(CC(=O)N1CCc2sccc2C1c1ccc(C)cc1)S(=O)(=O)c1cccc2ccccc12. The van der Waals surface area contributed by atoms with Gasteiger partial charge in [0.05, 0.1) is 17.5 Å². The predicted octanol–water partition coefficient (Wildman–Crippen LogP) is 5.78. The van der Waals surface area contributed by atoms with Crippen LogP contribution in [0.4, 0.5) is 0 Å². The van der Waals surface area contributed by atoms with E-state index < -0.39 is 10.0 Å². The summed E-state index contributed by atoms with van der Waals surface area (Å²) in [5.74, 6) is -0.172. The minimum absolute atomic E-state index is 0.172. The summed E-state index contributed by atoms with van der Waals surface area (Å²) in [6.45, 7) is 4.65. The summed E-state index contributed by atoms with van der Waals surface area (Å²) in [5.41, 5.74) is 3.35. The third kappa shape index (κ3) is 4.59. The first-order valence-electron chi connectivity index (χ1n) is 12.3. The zero-order chi connectivity index (χ0) is 25.3. The minimum Gasteiger partial charge on any atom is -0.330 e. The number of hydrogen-bond donors (Lipinski definition) is 0. The fourth-order valence-corrected chi connectivity index (χ4v) is 7.63. The number of carbonyl (C=O) groups is 1. The van der Waals surface area contributed by atoms with Gasteiger partial charge in [-0.15, -0.1) is 11.3 Å². The van der Waals surface area contributed by atoms with Crippen LogP contribution in [0.15, 0.2) is 83.1 Å². The van der Waals surface area contributed by atoms with Gasteiger partial charge in [0.2, 0.25) is 15.9 Å². The Hall–Kier alpha value is -3.00. The van der Waals surface area contributed by atoms with E-state index in [0.717, 1.165) is 28.5 Å². The molecule has 0 radical (unpaired) electrons. The monoisotopic (exact) mass is 518 g/mol. The lowest BCUT2D eigenvalue weighted by Crippen LogP contribution is -2.47. The van der Waals surface area contributed by atoms with Crippen molar-refractivity contribution in [3.63, 3.8) is 0 Å². The van der Waals surface area contributed by atoms with Gasteiger partial charge in [-0.1, -0.05) is 73.2 Å². The molecule has 7 heteroatoms. The Morgan fingerprint density at radius 2 is 1.78 bits per heavy atom. The third-order valence-corrected chi connectivity index (χ3v) is 9.73. The van der Waals surface area contributed by atoms with E-state index in [1.165, 1.54) is 9.18 Å². The Balaban J connectivity index is 1.49. The fourth-order valence-electron chi connectivity index (χ4n) is 5.03. The van der Waals surface area contributed by atoms with E-state index >= 15 is 0 Å². The molecule has 186 valence electrons. The highest BCUT2D eigenvalue weighted by molar-refractivity contribution is 7.89. The molecule has 5 nitrogen and oxygen atoms in total. The van der Waals surface area contributed by atoms with Crippen LogP contribution >= 0.6 is 11.3 Å². The fraction of sp³-hybridized carbons (Fsp3) is 0.276. The van der Waals surface area contributed by atoms with Gasteiger partial charge < -0.3 is 4.90 Å². The number of sulfonamides is 1. The summed E-state index contributed by atoms with van der Waals surface area (Å²) < 4.78 is 29.1. The van der Waals surface area contributed by atoms with Crippen LogP contribution in [0.3, 0.4) is 0 Å². The molecule has 0 saturated carbocycles. The number of carbonyl (C=O) groups excluding carboxylic acids is 1. The van der Waals surface area contributed by atoms with Crippen molar-refractivity contribution >= 4 is 38.0 Å². The molecule has 0 aliphatic carbocycles. The molecule has 1 amide bonds. The van der Waals surface area contributed by atoms with Crippen LogP contribution < -0.4 is 0 Å². The summed E-state index contributed by atoms with van der Waals surface area (Å²) in [4.78, 5) is 17.2. The Morgan fingerprint density at radius 3 is 2.56 bits per heavy atom. The van der Waals surface area contributed by atoms with Crippen LogP contribution in [-0.4, -0.2) is 43.2 Å². The number of amides is 1. The molecule has 0 bridgehead atoms. The quantitative estimate of drug-likeness (QED) is 0.311. The number of rotatable bonds is 7. The topological polar surface area (TPSA) is 57.7 Å². The van der Waals surface area contributed by atoms with E-state index in [1.807, 2.05) is 49.1 Å². The highest BCUT2D eigenvalue weighted by Crippen LogP contribution is 2.38. The van der Waals surface area contributed by atoms with Gasteiger partial charge in [0, 0.05) is 23.4 Å². The minimum atomic E-state index is -3.87. The summed E-state index contributed by atoms with van der Waals surface area (Å²) >= 11 is 1.72. The molecular weight excluding hydrogens is 488 g/mol. The summed E-state index contributed by atoms with van der Waals surface area (Å²) in [7, 11) is -3.87. The van der Waals surface area contributed by atoms with Crippen LogP contribution in [0.1, 0.15) is 41.0 Å². The molecular formula is C29H30N2O3S2. The zero-order valence-electron chi connectivity index (χ0n) is 20.6. The van der Waals surface area contributed by atoms with Crippen molar-refractivity contribution in [3.05, 3.63) is 99.7 Å². The maximum Gasteiger partial charge on any atom is 0.244 e. The van der Waals surface area contributed by atoms with Crippen molar-refractivity contribution in [2.75, 3.05) is 19.6 Å². The largest absolute Gasteiger partial charge is 0.330 e. The average Bonchev–Trinajstić information content (AvgIpc) is 3.37. The van der Waals surface area contributed by atoms with Gasteiger partial charge in [0.25, 0.3) is 0 Å². The highest BCUT2D eigenvalue weighted by Gasteiger charge is 2.35. The van der Waals surface area contributed by atoms with Gasteiger partial charge in [0.15, 0.2) is 0 Å². The van der Waals surface area contributed by atoms with Crippen molar-refractivity contribution in [3.8, 4) is 0 Å². The summed E-state index contributed by atoms with van der Waals surface area (Å²) in [5, 5.41) is 3.61. The van der Waals surface area contributed by atoms with Gasteiger partial charge in [0.1, 0.15) is 0 Å². The van der Waals surface area contributed by atoms with Gasteiger partial charge in [-0.3, -0.25) is 4.79 Å². The van der Waals surface area contributed by atoms with Crippen molar-refractivity contribution in [1.82, 2.24) is 9.21 Å². The Labute approximate surface area is 217 Å². The normalized spacial score (nSPS) is 15.9. The Morgan fingerprint density at radius 1 is 1.03 bits per heavy atom. The molecule has 0 spiro atoms. The smallest absolute Gasteiger partial charge is 0.244 e. The Bertz CT molecular complexity index is 1490. The molecule has 2 heterocycles. The Kier molecular flexibility index (Phi) is 6.97. The van der Waals surface area contributed by atoms with Crippen LogP contribution in [0.2, 0.25) is 0 Å². The maximum atomic E-state index is 13.9. The first-order valence-corrected chi connectivity index (χ1v) is 14.6. The molecule has 1 atom stereocenters. The lowest BCUT2D eigenvalue weighted by atomic mass is 9.92. The maximum absolute atomic E-state index is 13.9. The van der Waals surface area contributed by atoms with Gasteiger partial charge in [-0.25, -0.2) is 8.42 Å². The molecule has 1 aliphatic heterocycles. The van der Waals surface area contributed by atoms with Crippen LogP contribution in [0, 0.1) is 6.92 Å². The number of fused-ring (bicyclic) bond motifs is 2. The van der Waals surface area contributed by atoms with Gasteiger partial charge in [-0.05, 0) is 53.8 Å². The van der Waals surface area contributed by atoms with Crippen LogP contribution in [-0.2, 0) is 21.2 Å². The molecule has 0 N–H and O–H groups in total. The van der Waals surface area contributed by atoms with Crippen LogP contribution in [0.5, 0.6) is 0 Å². The van der Waals surface area contributed by atoms with E-state index in [0.29, 0.717) is 18.4 Å². The lowest BCUT2D eigenvalue weighted by Gasteiger charge is -2.37. The molecule has 36 heavy (non-hydrogen) atoms. The van der Waals surface area contributed by atoms with Crippen molar-refractivity contribution in [2.45, 2.75) is 37.6 Å². The van der Waals surface area contributed by atoms with Crippen molar-refractivity contribution < 1.29 is 13.2 Å². The number of benzene rings is 3. The second kappa shape index (κ2) is 10.2. The van der Waals surface area contributed by atoms with Crippen LogP contribution in [0.25, 0.3) is 10.8 Å². The summed E-state index contributed by atoms with van der Waals surface area (Å²) in [6, 6.07) is 22.9. The molecule has 1 aliphatic rings. The second-order valence-electron chi connectivity index (χ2n) is 9.27. The first kappa shape index (κ1) is 24.7. The highest BCUT2D eigenvalue weighted by atomic mass is 32.2. The van der Waals surface area contributed by atoms with E-state index in [-0.39, 0.29) is 29.9 Å². The molecule has 3 aromatic carbocycles.